The van der Waals surface area contributed by atoms with Crippen LogP contribution in [0.4, 0.5) is 4.39 Å². The molecule has 1 N–H and O–H groups in total. The van der Waals surface area contributed by atoms with Crippen LogP contribution < -0.4 is 5.32 Å². The van der Waals surface area contributed by atoms with Crippen LogP contribution in [0.5, 0.6) is 0 Å². The van der Waals surface area contributed by atoms with Gasteiger partial charge >= 0.3 is 0 Å². The first-order valence-electron chi connectivity index (χ1n) is 7.04. The van der Waals surface area contributed by atoms with Crippen molar-refractivity contribution in [3.05, 3.63) is 50.7 Å². The molecule has 21 heavy (non-hydrogen) atoms. The highest BCUT2D eigenvalue weighted by Gasteiger charge is 2.22. The van der Waals surface area contributed by atoms with Crippen molar-refractivity contribution in [3.63, 3.8) is 0 Å². The van der Waals surface area contributed by atoms with E-state index in [4.69, 9.17) is 16.6 Å². The zero-order valence-electron chi connectivity index (χ0n) is 12.7. The SMILES string of the molecule is CC(C)NC(c1nc(C(C)C)cs1)c1ccc(F)cc1Cl. The van der Waals surface area contributed by atoms with E-state index in [9.17, 15) is 4.39 Å². The molecule has 0 aliphatic carbocycles. The summed E-state index contributed by atoms with van der Waals surface area (Å²) in [7, 11) is 0. The number of hydrogen-bond donors (Lipinski definition) is 1. The molecule has 0 saturated carbocycles. The van der Waals surface area contributed by atoms with Crippen LogP contribution in [0.25, 0.3) is 0 Å². The molecule has 1 aromatic carbocycles. The molecule has 5 heteroatoms. The molecule has 0 spiro atoms. The molecule has 114 valence electrons. The monoisotopic (exact) mass is 326 g/mol. The van der Waals surface area contributed by atoms with E-state index in [-0.39, 0.29) is 17.9 Å². The summed E-state index contributed by atoms with van der Waals surface area (Å²) in [5.74, 6) is 0.0624. The fraction of sp³-hybridized carbons (Fsp3) is 0.438. The molecule has 0 aliphatic heterocycles. The van der Waals surface area contributed by atoms with Gasteiger partial charge in [0.25, 0.3) is 0 Å². The minimum atomic E-state index is -0.325. The number of thiazole rings is 1. The first-order chi connectivity index (χ1) is 9.88. The first-order valence-corrected chi connectivity index (χ1v) is 8.30. The molecule has 2 rings (SSSR count). The molecule has 0 radical (unpaired) electrons. The van der Waals surface area contributed by atoms with Gasteiger partial charge in [-0.25, -0.2) is 9.37 Å². The van der Waals surface area contributed by atoms with Crippen LogP contribution >= 0.6 is 22.9 Å². The van der Waals surface area contributed by atoms with Gasteiger partial charge in [-0.2, -0.15) is 0 Å². The Bertz CT molecular complexity index is 610. The summed E-state index contributed by atoms with van der Waals surface area (Å²) in [6, 6.07) is 4.67. The molecule has 1 heterocycles. The van der Waals surface area contributed by atoms with Crippen molar-refractivity contribution in [2.75, 3.05) is 0 Å². The maximum absolute atomic E-state index is 13.3. The van der Waals surface area contributed by atoms with Crippen LogP contribution in [-0.4, -0.2) is 11.0 Å². The molecule has 0 aliphatic rings. The lowest BCUT2D eigenvalue weighted by Crippen LogP contribution is -2.29. The van der Waals surface area contributed by atoms with Gasteiger partial charge in [0.05, 0.1) is 11.7 Å². The molecule has 0 amide bonds. The number of nitrogens with one attached hydrogen (secondary N) is 1. The summed E-state index contributed by atoms with van der Waals surface area (Å²) < 4.78 is 13.3. The Morgan fingerprint density at radius 1 is 1.24 bits per heavy atom. The summed E-state index contributed by atoms with van der Waals surface area (Å²) in [6.45, 7) is 8.38. The van der Waals surface area contributed by atoms with Gasteiger partial charge in [0.1, 0.15) is 10.8 Å². The van der Waals surface area contributed by atoms with Crippen molar-refractivity contribution in [2.24, 2.45) is 0 Å². The number of benzene rings is 1. The minimum absolute atomic E-state index is 0.115. The summed E-state index contributed by atoms with van der Waals surface area (Å²) in [5, 5.41) is 6.93. The first kappa shape index (κ1) is 16.4. The molecule has 0 saturated heterocycles. The van der Waals surface area contributed by atoms with Crippen molar-refractivity contribution < 1.29 is 4.39 Å². The van der Waals surface area contributed by atoms with Gasteiger partial charge in [-0.05, 0) is 37.5 Å². The van der Waals surface area contributed by atoms with Crippen molar-refractivity contribution >= 4 is 22.9 Å². The third kappa shape index (κ3) is 4.02. The summed E-state index contributed by atoms with van der Waals surface area (Å²) in [6.07, 6.45) is 0. The van der Waals surface area contributed by atoms with Crippen LogP contribution in [0.3, 0.4) is 0 Å². The normalized spacial score (nSPS) is 13.1. The lowest BCUT2D eigenvalue weighted by atomic mass is 10.1. The Hall–Kier alpha value is -0.970. The molecule has 1 atom stereocenters. The van der Waals surface area contributed by atoms with E-state index in [1.54, 1.807) is 17.4 Å². The van der Waals surface area contributed by atoms with Crippen LogP contribution in [0.2, 0.25) is 5.02 Å². The molecular weight excluding hydrogens is 307 g/mol. The Morgan fingerprint density at radius 3 is 2.48 bits per heavy atom. The van der Waals surface area contributed by atoms with Crippen LogP contribution in [0, 0.1) is 5.82 Å². The number of nitrogens with zero attached hydrogens (tertiary/aromatic N) is 1. The van der Waals surface area contributed by atoms with Crippen molar-refractivity contribution in [3.8, 4) is 0 Å². The second-order valence-corrected chi connectivity index (χ2v) is 6.98. The van der Waals surface area contributed by atoms with E-state index < -0.39 is 0 Å². The van der Waals surface area contributed by atoms with Crippen molar-refractivity contribution in [2.45, 2.75) is 45.7 Å². The average Bonchev–Trinajstić information content (AvgIpc) is 2.85. The van der Waals surface area contributed by atoms with E-state index in [0.29, 0.717) is 10.9 Å². The number of aromatic nitrogens is 1. The van der Waals surface area contributed by atoms with E-state index in [1.807, 2.05) is 0 Å². The Kier molecular flexibility index (Phi) is 5.36. The summed E-state index contributed by atoms with van der Waals surface area (Å²) >= 11 is 7.83. The predicted molar refractivity (Wildman–Crippen MR) is 87.7 cm³/mol. The Balaban J connectivity index is 2.41. The third-order valence-electron chi connectivity index (χ3n) is 3.15. The largest absolute Gasteiger partial charge is 0.302 e. The van der Waals surface area contributed by atoms with Gasteiger partial charge in [0, 0.05) is 16.4 Å². The molecule has 2 nitrogen and oxygen atoms in total. The number of halogens is 2. The summed E-state index contributed by atoms with van der Waals surface area (Å²) in [5.41, 5.74) is 1.93. The van der Waals surface area contributed by atoms with Crippen LogP contribution in [-0.2, 0) is 0 Å². The average molecular weight is 327 g/mol. The third-order valence-corrected chi connectivity index (χ3v) is 4.41. The number of hydrogen-bond acceptors (Lipinski definition) is 3. The number of rotatable bonds is 5. The quantitative estimate of drug-likeness (QED) is 0.822. The zero-order valence-corrected chi connectivity index (χ0v) is 14.2. The van der Waals surface area contributed by atoms with E-state index in [1.165, 1.54) is 12.1 Å². The highest BCUT2D eigenvalue weighted by atomic mass is 35.5. The van der Waals surface area contributed by atoms with E-state index in [2.05, 4.69) is 38.4 Å². The molecule has 1 unspecified atom stereocenters. The van der Waals surface area contributed by atoms with Crippen molar-refractivity contribution in [1.29, 1.82) is 0 Å². The second kappa shape index (κ2) is 6.86. The second-order valence-electron chi connectivity index (χ2n) is 5.69. The highest BCUT2D eigenvalue weighted by molar-refractivity contribution is 7.09. The highest BCUT2D eigenvalue weighted by Crippen LogP contribution is 2.32. The molecule has 0 fully saturated rings. The lowest BCUT2D eigenvalue weighted by molar-refractivity contribution is 0.524. The fourth-order valence-corrected chi connectivity index (χ4v) is 3.39. The molecular formula is C16H20ClFN2S. The molecule has 2 aromatic rings. The lowest BCUT2D eigenvalue weighted by Gasteiger charge is -2.21. The smallest absolute Gasteiger partial charge is 0.124 e. The molecule has 1 aromatic heterocycles. The van der Waals surface area contributed by atoms with Gasteiger partial charge in [0.2, 0.25) is 0 Å². The topological polar surface area (TPSA) is 24.9 Å². The Labute approximate surface area is 134 Å². The van der Waals surface area contributed by atoms with E-state index in [0.717, 1.165) is 16.3 Å². The standard InChI is InChI=1S/C16H20ClFN2S/c1-9(2)14-8-21-16(20-14)15(19-10(3)4)12-6-5-11(18)7-13(12)17/h5-10,15,19H,1-4H3. The van der Waals surface area contributed by atoms with Crippen LogP contribution in [0.1, 0.15) is 55.9 Å². The minimum Gasteiger partial charge on any atom is -0.302 e. The Morgan fingerprint density at radius 2 is 1.95 bits per heavy atom. The van der Waals surface area contributed by atoms with Crippen molar-refractivity contribution in [1.82, 2.24) is 10.3 Å². The fourth-order valence-electron chi connectivity index (χ4n) is 2.06. The predicted octanol–water partition coefficient (Wildman–Crippen LogP) is 5.15. The van der Waals surface area contributed by atoms with Gasteiger partial charge in [0.15, 0.2) is 0 Å². The van der Waals surface area contributed by atoms with Gasteiger partial charge in [-0.3, -0.25) is 0 Å². The van der Waals surface area contributed by atoms with Gasteiger partial charge < -0.3 is 5.32 Å². The van der Waals surface area contributed by atoms with Gasteiger partial charge in [-0.15, -0.1) is 11.3 Å². The zero-order chi connectivity index (χ0) is 15.6. The molecule has 0 bridgehead atoms. The maximum Gasteiger partial charge on any atom is 0.124 e. The van der Waals surface area contributed by atoms with Crippen LogP contribution in [0.15, 0.2) is 23.6 Å². The summed E-state index contributed by atoms with van der Waals surface area (Å²) in [4.78, 5) is 4.71. The van der Waals surface area contributed by atoms with Gasteiger partial charge in [-0.1, -0.05) is 31.5 Å². The maximum atomic E-state index is 13.3. The van der Waals surface area contributed by atoms with E-state index >= 15 is 0 Å².